The van der Waals surface area contributed by atoms with Crippen LogP contribution in [0.3, 0.4) is 0 Å². The Morgan fingerprint density at radius 3 is 2.33 bits per heavy atom. The third kappa shape index (κ3) is 8.52. The second-order valence-electron chi connectivity index (χ2n) is 7.53. The van der Waals surface area contributed by atoms with E-state index in [0.29, 0.717) is 27.8 Å². The van der Waals surface area contributed by atoms with Crippen LogP contribution in [0.4, 0.5) is 5.69 Å². The molecule has 2 aromatic carbocycles. The SMILES string of the molecule is Nc1c(Cl)cc(C(O)CNCCCCCCCc2cccc(CC(=O)O)c2)cc1Cl. The van der Waals surface area contributed by atoms with Crippen molar-refractivity contribution in [2.24, 2.45) is 0 Å². The van der Waals surface area contributed by atoms with Crippen molar-refractivity contribution in [3.63, 3.8) is 0 Å². The summed E-state index contributed by atoms with van der Waals surface area (Å²) in [5.41, 5.74) is 8.76. The fraction of sp³-hybridized carbons (Fsp3) is 0.435. The molecule has 5 nitrogen and oxygen atoms in total. The zero-order chi connectivity index (χ0) is 21.9. The first-order valence-electron chi connectivity index (χ1n) is 10.3. The monoisotopic (exact) mass is 452 g/mol. The lowest BCUT2D eigenvalue weighted by atomic mass is 10.0. The maximum atomic E-state index is 10.8. The van der Waals surface area contributed by atoms with Gasteiger partial charge in [0.25, 0.3) is 0 Å². The minimum atomic E-state index is -0.797. The minimum Gasteiger partial charge on any atom is -0.481 e. The topological polar surface area (TPSA) is 95.6 Å². The van der Waals surface area contributed by atoms with Gasteiger partial charge in [0.2, 0.25) is 0 Å². The summed E-state index contributed by atoms with van der Waals surface area (Å²) < 4.78 is 0. The molecule has 0 saturated heterocycles. The molecule has 0 amide bonds. The lowest BCUT2D eigenvalue weighted by molar-refractivity contribution is -0.136. The number of carboxylic acids is 1. The van der Waals surface area contributed by atoms with Gasteiger partial charge in [0, 0.05) is 6.54 Å². The van der Waals surface area contributed by atoms with Crippen LogP contribution in [0.1, 0.15) is 54.9 Å². The highest BCUT2D eigenvalue weighted by molar-refractivity contribution is 6.38. The van der Waals surface area contributed by atoms with Gasteiger partial charge < -0.3 is 21.3 Å². The van der Waals surface area contributed by atoms with Crippen molar-refractivity contribution in [1.29, 1.82) is 0 Å². The average molecular weight is 453 g/mol. The van der Waals surface area contributed by atoms with Gasteiger partial charge in [-0.25, -0.2) is 0 Å². The van der Waals surface area contributed by atoms with E-state index in [1.165, 1.54) is 5.56 Å². The fourth-order valence-corrected chi connectivity index (χ4v) is 3.84. The van der Waals surface area contributed by atoms with Gasteiger partial charge in [-0.2, -0.15) is 0 Å². The van der Waals surface area contributed by atoms with E-state index in [1.807, 2.05) is 18.2 Å². The lowest BCUT2D eigenvalue weighted by Crippen LogP contribution is -2.22. The van der Waals surface area contributed by atoms with E-state index in [0.717, 1.165) is 50.6 Å². The fourth-order valence-electron chi connectivity index (χ4n) is 3.33. The molecule has 5 N–H and O–H groups in total. The number of anilines is 1. The predicted octanol–water partition coefficient (Wildman–Crippen LogP) is 5.02. The van der Waals surface area contributed by atoms with Crippen LogP contribution in [0.25, 0.3) is 0 Å². The number of rotatable bonds is 13. The first kappa shape index (κ1) is 24.5. The first-order chi connectivity index (χ1) is 14.4. The van der Waals surface area contributed by atoms with Gasteiger partial charge >= 0.3 is 5.97 Å². The number of carbonyl (C=O) groups is 1. The molecule has 0 aromatic heterocycles. The Morgan fingerprint density at radius 2 is 1.63 bits per heavy atom. The quantitative estimate of drug-likeness (QED) is 0.252. The lowest BCUT2D eigenvalue weighted by Gasteiger charge is -2.14. The second-order valence-corrected chi connectivity index (χ2v) is 8.34. The maximum absolute atomic E-state index is 10.8. The van der Waals surface area contributed by atoms with Crippen LogP contribution < -0.4 is 11.1 Å². The summed E-state index contributed by atoms with van der Waals surface area (Å²) in [5.74, 6) is -0.797. The summed E-state index contributed by atoms with van der Waals surface area (Å²) in [6.07, 6.45) is 5.94. The normalized spacial score (nSPS) is 12.1. The van der Waals surface area contributed by atoms with Crippen molar-refractivity contribution in [3.05, 3.63) is 63.1 Å². The van der Waals surface area contributed by atoms with Crippen LogP contribution in [0.5, 0.6) is 0 Å². The number of hydrogen-bond acceptors (Lipinski definition) is 4. The van der Waals surface area contributed by atoms with Crippen molar-refractivity contribution < 1.29 is 15.0 Å². The van der Waals surface area contributed by atoms with Gasteiger partial charge in [0.05, 0.1) is 28.3 Å². The molecule has 1 atom stereocenters. The zero-order valence-corrected chi connectivity index (χ0v) is 18.6. The summed E-state index contributed by atoms with van der Waals surface area (Å²) in [6, 6.07) is 11.1. The molecule has 0 bridgehead atoms. The Bertz CT molecular complexity index is 807. The van der Waals surface area contributed by atoms with E-state index in [2.05, 4.69) is 11.4 Å². The molecule has 7 heteroatoms. The molecule has 0 saturated carbocycles. The number of unbranched alkanes of at least 4 members (excludes halogenated alkanes) is 4. The first-order valence-corrected chi connectivity index (χ1v) is 11.0. The summed E-state index contributed by atoms with van der Waals surface area (Å²) in [6.45, 7) is 1.27. The number of nitrogens with two attached hydrogens (primary N) is 1. The molecular formula is C23H30Cl2N2O3. The Hall–Kier alpha value is -1.79. The smallest absolute Gasteiger partial charge is 0.307 e. The summed E-state index contributed by atoms with van der Waals surface area (Å²) in [4.78, 5) is 10.8. The molecule has 0 spiro atoms. The highest BCUT2D eigenvalue weighted by Gasteiger charge is 2.11. The van der Waals surface area contributed by atoms with Crippen LogP contribution in [0.2, 0.25) is 10.0 Å². The molecule has 0 aliphatic rings. The molecule has 2 aromatic rings. The number of hydrogen-bond donors (Lipinski definition) is 4. The number of aryl methyl sites for hydroxylation is 1. The van der Waals surface area contributed by atoms with E-state index >= 15 is 0 Å². The highest BCUT2D eigenvalue weighted by Crippen LogP contribution is 2.31. The Balaban J connectivity index is 1.55. The van der Waals surface area contributed by atoms with Crippen LogP contribution in [-0.4, -0.2) is 29.3 Å². The molecule has 0 aliphatic carbocycles. The van der Waals surface area contributed by atoms with Gasteiger partial charge in [-0.3, -0.25) is 4.79 Å². The van der Waals surface area contributed by atoms with E-state index in [-0.39, 0.29) is 6.42 Å². The molecule has 0 aliphatic heterocycles. The van der Waals surface area contributed by atoms with Gasteiger partial charge in [0.15, 0.2) is 0 Å². The van der Waals surface area contributed by atoms with Gasteiger partial charge in [-0.05, 0) is 54.6 Å². The minimum absolute atomic E-state index is 0.0773. The number of benzene rings is 2. The van der Waals surface area contributed by atoms with Gasteiger partial charge in [-0.15, -0.1) is 0 Å². The summed E-state index contributed by atoms with van der Waals surface area (Å²) >= 11 is 12.0. The molecule has 30 heavy (non-hydrogen) atoms. The molecule has 2 rings (SSSR count). The van der Waals surface area contributed by atoms with Gasteiger partial charge in [-0.1, -0.05) is 66.7 Å². The number of aliphatic carboxylic acids is 1. The van der Waals surface area contributed by atoms with Crippen molar-refractivity contribution in [1.82, 2.24) is 5.32 Å². The summed E-state index contributed by atoms with van der Waals surface area (Å²) in [7, 11) is 0. The van der Waals surface area contributed by atoms with E-state index in [1.54, 1.807) is 12.1 Å². The number of aliphatic hydroxyl groups excluding tert-OH is 1. The molecule has 0 fully saturated rings. The number of nitrogens with one attached hydrogen (secondary N) is 1. The Kier molecular flexibility index (Phi) is 10.4. The number of carboxylic acid groups (broad SMARTS) is 1. The van der Waals surface area contributed by atoms with E-state index in [4.69, 9.17) is 34.0 Å². The highest BCUT2D eigenvalue weighted by atomic mass is 35.5. The zero-order valence-electron chi connectivity index (χ0n) is 17.0. The molecule has 0 heterocycles. The van der Waals surface area contributed by atoms with E-state index < -0.39 is 12.1 Å². The van der Waals surface area contributed by atoms with Crippen LogP contribution >= 0.6 is 23.2 Å². The number of nitrogen functional groups attached to an aromatic ring is 1. The van der Waals surface area contributed by atoms with Gasteiger partial charge in [0.1, 0.15) is 0 Å². The molecule has 164 valence electrons. The Labute approximate surface area is 188 Å². The number of halogens is 2. The van der Waals surface area contributed by atoms with Crippen molar-refractivity contribution >= 4 is 34.9 Å². The molecular weight excluding hydrogens is 423 g/mol. The standard InChI is InChI=1S/C23H30Cl2N2O3/c24-19-13-18(14-20(25)23(19)26)21(28)15-27-10-5-3-1-2-4-7-16-8-6-9-17(11-16)12-22(29)30/h6,8-9,11,13-14,21,27-28H,1-5,7,10,12,15,26H2,(H,29,30). The second kappa shape index (κ2) is 12.8. The van der Waals surface area contributed by atoms with E-state index in [9.17, 15) is 9.90 Å². The molecule has 1 unspecified atom stereocenters. The maximum Gasteiger partial charge on any atom is 0.307 e. The number of aliphatic hydroxyl groups is 1. The Morgan fingerprint density at radius 1 is 1.00 bits per heavy atom. The predicted molar refractivity (Wildman–Crippen MR) is 123 cm³/mol. The third-order valence-corrected chi connectivity index (χ3v) is 5.62. The van der Waals surface area contributed by atoms with Crippen molar-refractivity contribution in [2.45, 2.75) is 51.0 Å². The summed E-state index contributed by atoms with van der Waals surface area (Å²) in [5, 5.41) is 23.1. The van der Waals surface area contributed by atoms with Crippen molar-refractivity contribution in [2.75, 3.05) is 18.8 Å². The van der Waals surface area contributed by atoms with Crippen molar-refractivity contribution in [3.8, 4) is 0 Å². The van der Waals surface area contributed by atoms with Crippen LogP contribution in [0.15, 0.2) is 36.4 Å². The third-order valence-electron chi connectivity index (χ3n) is 4.99. The van der Waals surface area contributed by atoms with Crippen LogP contribution in [0, 0.1) is 0 Å². The average Bonchev–Trinajstić information content (AvgIpc) is 2.70. The largest absolute Gasteiger partial charge is 0.481 e. The van der Waals surface area contributed by atoms with Crippen LogP contribution in [-0.2, 0) is 17.6 Å². The molecule has 0 radical (unpaired) electrons.